The smallest absolute Gasteiger partial charge is 0.416 e. The van der Waals surface area contributed by atoms with Crippen LogP contribution in [-0.4, -0.2) is 36.7 Å². The molecule has 5 nitrogen and oxygen atoms in total. The Labute approximate surface area is 258 Å². The average molecular weight is 628 g/mol. The van der Waals surface area contributed by atoms with Gasteiger partial charge in [0.25, 0.3) is 0 Å². The lowest BCUT2D eigenvalue weighted by Gasteiger charge is -2.35. The fraction of sp³-hybridized carbons (Fsp3) is 0.371. The van der Waals surface area contributed by atoms with Crippen molar-refractivity contribution in [2.24, 2.45) is 5.41 Å². The molecule has 0 unspecified atom stereocenters. The molecule has 10 heteroatoms. The monoisotopic (exact) mass is 627 g/mol. The van der Waals surface area contributed by atoms with Gasteiger partial charge in [-0.25, -0.2) is 18.4 Å². The van der Waals surface area contributed by atoms with Gasteiger partial charge in [-0.1, -0.05) is 31.5 Å². The lowest BCUT2D eigenvalue weighted by atomic mass is 9.72. The minimum atomic E-state index is -4.55. The quantitative estimate of drug-likeness (QED) is 0.202. The number of ether oxygens (including phenoxy) is 2. The van der Waals surface area contributed by atoms with Gasteiger partial charge in [-0.2, -0.15) is 13.2 Å². The molecule has 1 fully saturated rings. The molecule has 0 N–H and O–H groups in total. The Bertz CT molecular complexity index is 1690. The Balaban J connectivity index is 1.50. The zero-order valence-electron chi connectivity index (χ0n) is 25.6. The van der Waals surface area contributed by atoms with E-state index in [-0.39, 0.29) is 34.2 Å². The number of hydrogen-bond donors (Lipinski definition) is 0. The predicted octanol–water partition coefficient (Wildman–Crippen LogP) is 9.29. The summed E-state index contributed by atoms with van der Waals surface area (Å²) in [5, 5.41) is 0. The van der Waals surface area contributed by atoms with E-state index in [0.29, 0.717) is 24.0 Å². The standard InChI is InChI=1S/C35H34F5NO4/c1-19-10-24(13-26(11-19)35(38,39)40)31-20(2)41(33(43)45-31)18-25-17-34(3,4)9-8-28(25)22-12-23(15-27(36)14-22)29-7-6-21(16-30(29)37)32(42)44-5/h6-7,10-16,20,31H,8-9,17-18H2,1-5H3/t20-,31-/m0/s1. The van der Waals surface area contributed by atoms with Gasteiger partial charge in [0.05, 0.1) is 24.3 Å². The Hall–Kier alpha value is -4.21. The average Bonchev–Trinajstić information content (AvgIpc) is 3.23. The number of halogens is 5. The molecule has 5 rings (SSSR count). The fourth-order valence-electron chi connectivity index (χ4n) is 6.33. The van der Waals surface area contributed by atoms with Gasteiger partial charge in [-0.15, -0.1) is 0 Å². The van der Waals surface area contributed by atoms with Crippen LogP contribution in [0.5, 0.6) is 0 Å². The van der Waals surface area contributed by atoms with Crippen molar-refractivity contribution in [3.05, 3.63) is 99.6 Å². The Morgan fingerprint density at radius 2 is 1.76 bits per heavy atom. The van der Waals surface area contributed by atoms with Gasteiger partial charge in [-0.3, -0.25) is 4.90 Å². The van der Waals surface area contributed by atoms with E-state index >= 15 is 8.78 Å². The molecule has 45 heavy (non-hydrogen) atoms. The van der Waals surface area contributed by atoms with E-state index in [0.717, 1.165) is 35.8 Å². The van der Waals surface area contributed by atoms with E-state index in [9.17, 15) is 22.8 Å². The molecule has 3 aromatic rings. The zero-order valence-corrected chi connectivity index (χ0v) is 25.6. The highest BCUT2D eigenvalue weighted by Gasteiger charge is 2.42. The topological polar surface area (TPSA) is 55.8 Å². The molecule has 0 aromatic heterocycles. The van der Waals surface area contributed by atoms with Crippen LogP contribution < -0.4 is 0 Å². The van der Waals surface area contributed by atoms with Gasteiger partial charge in [0.2, 0.25) is 0 Å². The van der Waals surface area contributed by atoms with Crippen molar-refractivity contribution >= 4 is 17.6 Å². The summed E-state index contributed by atoms with van der Waals surface area (Å²) in [4.78, 5) is 26.5. The number of benzene rings is 3. The van der Waals surface area contributed by atoms with Crippen molar-refractivity contribution in [2.75, 3.05) is 13.7 Å². The number of methoxy groups -OCH3 is 1. The second-order valence-electron chi connectivity index (χ2n) is 12.6. The molecular formula is C35H34F5NO4. The normalized spacial score (nSPS) is 20.0. The summed E-state index contributed by atoms with van der Waals surface area (Å²) in [6, 6.07) is 11.2. The third kappa shape index (κ3) is 6.74. The van der Waals surface area contributed by atoms with Gasteiger partial charge in [0, 0.05) is 12.1 Å². The van der Waals surface area contributed by atoms with E-state index in [2.05, 4.69) is 18.6 Å². The number of allylic oxidation sites excluding steroid dienone is 1. The number of carbonyl (C=O) groups excluding carboxylic acids is 2. The van der Waals surface area contributed by atoms with Gasteiger partial charge in [0.1, 0.15) is 17.7 Å². The first kappa shape index (κ1) is 32.2. The van der Waals surface area contributed by atoms with E-state index in [4.69, 9.17) is 4.74 Å². The maximum atomic E-state index is 15.1. The van der Waals surface area contributed by atoms with Crippen LogP contribution in [-0.2, 0) is 15.7 Å². The molecule has 1 aliphatic heterocycles. The summed E-state index contributed by atoms with van der Waals surface area (Å²) in [7, 11) is 1.19. The van der Waals surface area contributed by atoms with Gasteiger partial charge in [0.15, 0.2) is 0 Å². The summed E-state index contributed by atoms with van der Waals surface area (Å²) in [6.07, 6.45) is -4.16. The Kier molecular flexibility index (Phi) is 8.55. The van der Waals surface area contributed by atoms with Crippen molar-refractivity contribution in [2.45, 2.75) is 65.3 Å². The first-order valence-electron chi connectivity index (χ1n) is 14.6. The largest absolute Gasteiger partial charge is 0.465 e. The molecular weight excluding hydrogens is 593 g/mol. The number of esters is 1. The SMILES string of the molecule is COC(=O)c1ccc(-c2cc(F)cc(C3=C(CN4C(=O)O[C@H](c5cc(C)cc(C(F)(F)F)c5)[C@@H]4C)CC(C)(C)CC3)c2)c(F)c1. The number of aryl methyl sites for hydroxylation is 1. The molecule has 0 spiro atoms. The Morgan fingerprint density at radius 1 is 1.04 bits per heavy atom. The van der Waals surface area contributed by atoms with Crippen LogP contribution >= 0.6 is 0 Å². The number of hydrogen-bond acceptors (Lipinski definition) is 4. The molecule has 0 radical (unpaired) electrons. The molecule has 238 valence electrons. The first-order chi connectivity index (χ1) is 21.1. The minimum Gasteiger partial charge on any atom is -0.465 e. The van der Waals surface area contributed by atoms with E-state index in [1.807, 2.05) is 0 Å². The van der Waals surface area contributed by atoms with Gasteiger partial charge >= 0.3 is 18.2 Å². The van der Waals surface area contributed by atoms with Crippen LogP contribution in [0.2, 0.25) is 0 Å². The first-order valence-corrected chi connectivity index (χ1v) is 14.6. The molecule has 0 bridgehead atoms. The third-order valence-electron chi connectivity index (χ3n) is 8.63. The molecule has 1 aliphatic carbocycles. The predicted molar refractivity (Wildman–Crippen MR) is 159 cm³/mol. The van der Waals surface area contributed by atoms with E-state index < -0.39 is 47.6 Å². The highest BCUT2D eigenvalue weighted by molar-refractivity contribution is 5.90. The molecule has 1 heterocycles. The van der Waals surface area contributed by atoms with Gasteiger partial charge < -0.3 is 9.47 Å². The van der Waals surface area contributed by atoms with E-state index in [1.54, 1.807) is 26.0 Å². The minimum absolute atomic E-state index is 0.0279. The lowest BCUT2D eigenvalue weighted by Crippen LogP contribution is -2.35. The maximum Gasteiger partial charge on any atom is 0.416 e. The van der Waals surface area contributed by atoms with E-state index in [1.165, 1.54) is 36.3 Å². The Morgan fingerprint density at radius 3 is 2.42 bits per heavy atom. The number of amides is 1. The number of rotatable bonds is 6. The second kappa shape index (κ2) is 11.9. The molecule has 2 aliphatic rings. The maximum absolute atomic E-state index is 15.1. The van der Waals surface area contributed by atoms with Crippen LogP contribution in [0.1, 0.15) is 78.7 Å². The summed E-state index contributed by atoms with van der Waals surface area (Å²) < 4.78 is 81.1. The summed E-state index contributed by atoms with van der Waals surface area (Å²) >= 11 is 0. The fourth-order valence-corrected chi connectivity index (χ4v) is 6.33. The summed E-state index contributed by atoms with van der Waals surface area (Å²) in [5.74, 6) is -1.98. The van der Waals surface area contributed by atoms with Crippen molar-refractivity contribution in [1.29, 1.82) is 0 Å². The van der Waals surface area contributed by atoms with Crippen molar-refractivity contribution in [3.8, 4) is 11.1 Å². The number of carbonyl (C=O) groups is 2. The van der Waals surface area contributed by atoms with Crippen LogP contribution in [0, 0.1) is 24.0 Å². The highest BCUT2D eigenvalue weighted by atomic mass is 19.4. The molecule has 1 saturated heterocycles. The van der Waals surface area contributed by atoms with Crippen molar-refractivity contribution in [3.63, 3.8) is 0 Å². The van der Waals surface area contributed by atoms with Crippen LogP contribution in [0.25, 0.3) is 16.7 Å². The van der Waals surface area contributed by atoms with Crippen LogP contribution in [0.15, 0.2) is 60.2 Å². The molecule has 2 atom stereocenters. The lowest BCUT2D eigenvalue weighted by molar-refractivity contribution is -0.137. The summed E-state index contributed by atoms with van der Waals surface area (Å²) in [5.41, 5.74) is 2.37. The second-order valence-corrected chi connectivity index (χ2v) is 12.6. The van der Waals surface area contributed by atoms with Crippen molar-refractivity contribution < 1.29 is 41.0 Å². The number of cyclic esters (lactones) is 1. The zero-order chi connectivity index (χ0) is 32.8. The number of alkyl halides is 3. The molecule has 0 saturated carbocycles. The van der Waals surface area contributed by atoms with Crippen LogP contribution in [0.4, 0.5) is 26.7 Å². The molecule has 3 aromatic carbocycles. The van der Waals surface area contributed by atoms with Crippen LogP contribution in [0.3, 0.4) is 0 Å². The molecule has 1 amide bonds. The highest BCUT2D eigenvalue weighted by Crippen LogP contribution is 2.45. The van der Waals surface area contributed by atoms with Crippen molar-refractivity contribution in [1.82, 2.24) is 4.90 Å². The third-order valence-corrected chi connectivity index (χ3v) is 8.63. The number of nitrogens with zero attached hydrogens (tertiary/aromatic N) is 1. The summed E-state index contributed by atoms with van der Waals surface area (Å²) in [6.45, 7) is 7.63. The van der Waals surface area contributed by atoms with Gasteiger partial charge in [-0.05, 0) is 109 Å².